The van der Waals surface area contributed by atoms with Gasteiger partial charge in [-0.2, -0.15) is 0 Å². The maximum atomic E-state index is 13.4. The van der Waals surface area contributed by atoms with Crippen LogP contribution in [0.2, 0.25) is 0 Å². The minimum Gasteiger partial charge on any atom is -0.393 e. The van der Waals surface area contributed by atoms with Crippen LogP contribution in [0, 0.1) is 5.41 Å². The van der Waals surface area contributed by atoms with Crippen molar-refractivity contribution in [1.29, 1.82) is 0 Å². The van der Waals surface area contributed by atoms with Crippen LogP contribution in [0.1, 0.15) is 47.0 Å². The summed E-state index contributed by atoms with van der Waals surface area (Å²) in [7, 11) is 0. The fourth-order valence-corrected chi connectivity index (χ4v) is 1.45. The molecule has 0 aromatic rings. The summed E-state index contributed by atoms with van der Waals surface area (Å²) >= 11 is 0. The Labute approximate surface area is 75.0 Å². The van der Waals surface area contributed by atoms with E-state index >= 15 is 0 Å². The highest BCUT2D eigenvalue weighted by Gasteiger charge is 2.32. The zero-order valence-electron chi connectivity index (χ0n) is 8.65. The molecule has 0 aromatic heterocycles. The zero-order valence-corrected chi connectivity index (χ0v) is 8.65. The van der Waals surface area contributed by atoms with Gasteiger partial charge in [-0.05, 0) is 18.8 Å². The van der Waals surface area contributed by atoms with Crippen molar-refractivity contribution in [2.45, 2.75) is 52.6 Å². The van der Waals surface area contributed by atoms with Crippen molar-refractivity contribution in [2.75, 3.05) is 6.61 Å². The number of alkyl halides is 1. The Bertz CT molecular complexity index is 128. The molecule has 0 radical (unpaired) electrons. The van der Waals surface area contributed by atoms with Crippen molar-refractivity contribution < 1.29 is 9.50 Å². The summed E-state index contributed by atoms with van der Waals surface area (Å²) in [5.41, 5.74) is -1.38. The fourth-order valence-electron chi connectivity index (χ4n) is 1.45. The third-order valence-corrected chi connectivity index (χ3v) is 2.83. The second kappa shape index (κ2) is 4.22. The largest absolute Gasteiger partial charge is 0.393 e. The summed E-state index contributed by atoms with van der Waals surface area (Å²) in [6.45, 7) is 7.30. The first-order valence-electron chi connectivity index (χ1n) is 4.69. The van der Waals surface area contributed by atoms with Gasteiger partial charge < -0.3 is 5.11 Å². The molecule has 12 heavy (non-hydrogen) atoms. The number of aliphatic hydroxyl groups is 1. The molecule has 1 N–H and O–H groups in total. The van der Waals surface area contributed by atoms with Gasteiger partial charge in [-0.15, -0.1) is 0 Å². The van der Waals surface area contributed by atoms with Crippen LogP contribution in [0.25, 0.3) is 0 Å². The van der Waals surface area contributed by atoms with Gasteiger partial charge in [0.2, 0.25) is 0 Å². The van der Waals surface area contributed by atoms with E-state index in [4.69, 9.17) is 5.11 Å². The summed E-state index contributed by atoms with van der Waals surface area (Å²) in [4.78, 5) is 0. The molecule has 0 saturated heterocycles. The third-order valence-electron chi connectivity index (χ3n) is 2.83. The lowest BCUT2D eigenvalue weighted by atomic mass is 9.76. The van der Waals surface area contributed by atoms with Crippen molar-refractivity contribution in [3.63, 3.8) is 0 Å². The molecular weight excluding hydrogens is 155 g/mol. The maximum absolute atomic E-state index is 13.4. The lowest BCUT2D eigenvalue weighted by Gasteiger charge is -2.32. The molecule has 0 aliphatic rings. The topological polar surface area (TPSA) is 20.2 Å². The van der Waals surface area contributed by atoms with Crippen LogP contribution >= 0.6 is 0 Å². The summed E-state index contributed by atoms with van der Waals surface area (Å²) in [5, 5.41) is 8.77. The first-order chi connectivity index (χ1) is 5.39. The van der Waals surface area contributed by atoms with Crippen LogP contribution < -0.4 is 0 Å². The Hall–Kier alpha value is -0.110. The van der Waals surface area contributed by atoms with E-state index in [2.05, 4.69) is 20.8 Å². The van der Waals surface area contributed by atoms with E-state index < -0.39 is 5.67 Å². The van der Waals surface area contributed by atoms with Crippen LogP contribution in [0.15, 0.2) is 0 Å². The summed E-state index contributed by atoms with van der Waals surface area (Å²) in [6, 6.07) is 0. The van der Waals surface area contributed by atoms with Crippen molar-refractivity contribution in [3.8, 4) is 0 Å². The summed E-state index contributed by atoms with van der Waals surface area (Å²) in [5.74, 6) is 0. The average Bonchev–Trinajstić information content (AvgIpc) is 2.04. The van der Waals surface area contributed by atoms with Crippen LogP contribution in [0.3, 0.4) is 0 Å². The molecule has 1 unspecified atom stereocenters. The molecule has 74 valence electrons. The predicted molar refractivity (Wildman–Crippen MR) is 49.9 cm³/mol. The molecule has 0 saturated carbocycles. The molecule has 0 aromatic carbocycles. The highest BCUT2D eigenvalue weighted by Crippen LogP contribution is 2.36. The van der Waals surface area contributed by atoms with Crippen molar-refractivity contribution >= 4 is 0 Å². The molecule has 0 aliphatic carbocycles. The lowest BCUT2D eigenvalue weighted by molar-refractivity contribution is 0.0358. The lowest BCUT2D eigenvalue weighted by Crippen LogP contribution is -2.31. The first kappa shape index (κ1) is 11.9. The summed E-state index contributed by atoms with van der Waals surface area (Å²) < 4.78 is 13.4. The summed E-state index contributed by atoms with van der Waals surface area (Å²) in [6.07, 6.45) is 2.37. The number of hydrogen-bond acceptors (Lipinski definition) is 1. The van der Waals surface area contributed by atoms with E-state index in [0.29, 0.717) is 6.42 Å². The molecule has 0 fully saturated rings. The smallest absolute Gasteiger partial charge is 0.131 e. The minimum absolute atomic E-state index is 0.0340. The van der Waals surface area contributed by atoms with Gasteiger partial charge in [-0.1, -0.05) is 33.6 Å². The van der Waals surface area contributed by atoms with Gasteiger partial charge in [0.15, 0.2) is 0 Å². The van der Waals surface area contributed by atoms with Crippen molar-refractivity contribution in [2.24, 2.45) is 5.41 Å². The van der Waals surface area contributed by atoms with Crippen LogP contribution in [0.5, 0.6) is 0 Å². The van der Waals surface area contributed by atoms with Gasteiger partial charge in [0.25, 0.3) is 0 Å². The number of halogens is 1. The van der Waals surface area contributed by atoms with E-state index in [9.17, 15) is 4.39 Å². The molecule has 0 heterocycles. The minimum atomic E-state index is -1.42. The Balaban J connectivity index is 4.20. The maximum Gasteiger partial charge on any atom is 0.131 e. The van der Waals surface area contributed by atoms with Crippen molar-refractivity contribution in [1.82, 2.24) is 0 Å². The highest BCUT2D eigenvalue weighted by molar-refractivity contribution is 4.82. The van der Waals surface area contributed by atoms with E-state index in [1.54, 1.807) is 0 Å². The molecule has 0 aliphatic heterocycles. The SMILES string of the molecule is CCC(C)(CC)CC(C)(F)CO. The molecule has 0 rings (SSSR count). The molecule has 2 heteroatoms. The van der Waals surface area contributed by atoms with E-state index in [-0.39, 0.29) is 12.0 Å². The van der Waals surface area contributed by atoms with Crippen LogP contribution in [-0.2, 0) is 0 Å². The first-order valence-corrected chi connectivity index (χ1v) is 4.69. The van der Waals surface area contributed by atoms with Gasteiger partial charge in [-0.25, -0.2) is 4.39 Å². The fraction of sp³-hybridized carbons (Fsp3) is 1.00. The van der Waals surface area contributed by atoms with Gasteiger partial charge in [0.05, 0.1) is 6.61 Å². The molecule has 0 amide bonds. The monoisotopic (exact) mass is 176 g/mol. The predicted octanol–water partition coefficient (Wildman–Crippen LogP) is 2.92. The molecular formula is C10H21FO. The second-order valence-electron chi connectivity index (χ2n) is 4.27. The highest BCUT2D eigenvalue weighted by atomic mass is 19.1. The normalized spacial score (nSPS) is 17.5. The second-order valence-corrected chi connectivity index (χ2v) is 4.27. The van der Waals surface area contributed by atoms with Crippen LogP contribution in [0.4, 0.5) is 4.39 Å². The third kappa shape index (κ3) is 3.53. The number of hydrogen-bond donors (Lipinski definition) is 1. The Kier molecular flexibility index (Phi) is 4.18. The number of rotatable bonds is 5. The standard InChI is InChI=1S/C10H21FO/c1-5-9(3,6-2)7-10(4,11)8-12/h12H,5-8H2,1-4H3. The average molecular weight is 176 g/mol. The van der Waals surface area contributed by atoms with Gasteiger partial charge in [-0.3, -0.25) is 0 Å². The zero-order chi connectivity index (χ0) is 9.83. The quantitative estimate of drug-likeness (QED) is 0.683. The van der Waals surface area contributed by atoms with E-state index in [1.807, 2.05) is 0 Å². The van der Waals surface area contributed by atoms with Gasteiger partial charge >= 0.3 is 0 Å². The molecule has 0 bridgehead atoms. The Morgan fingerprint density at radius 1 is 1.17 bits per heavy atom. The Morgan fingerprint density at radius 2 is 1.58 bits per heavy atom. The van der Waals surface area contributed by atoms with E-state index in [0.717, 1.165) is 12.8 Å². The van der Waals surface area contributed by atoms with Gasteiger partial charge in [0, 0.05) is 0 Å². The van der Waals surface area contributed by atoms with Gasteiger partial charge in [0.1, 0.15) is 5.67 Å². The molecule has 0 spiro atoms. The molecule has 1 atom stereocenters. The Morgan fingerprint density at radius 3 is 1.83 bits per heavy atom. The van der Waals surface area contributed by atoms with Crippen LogP contribution in [-0.4, -0.2) is 17.4 Å². The van der Waals surface area contributed by atoms with Crippen molar-refractivity contribution in [3.05, 3.63) is 0 Å². The van der Waals surface area contributed by atoms with E-state index in [1.165, 1.54) is 6.92 Å². The molecule has 1 nitrogen and oxygen atoms in total. The number of aliphatic hydroxyl groups excluding tert-OH is 1.